The van der Waals surface area contributed by atoms with E-state index in [1.165, 1.54) is 6.92 Å². The molecule has 60 valence electrons. The Hall–Kier alpha value is -0.870. The van der Waals surface area contributed by atoms with Gasteiger partial charge >= 0.3 is 5.97 Å². The maximum absolute atomic E-state index is 10.1. The summed E-state index contributed by atoms with van der Waals surface area (Å²) in [4.78, 5) is 10.1. The van der Waals surface area contributed by atoms with Gasteiger partial charge in [0.2, 0.25) is 0 Å². The highest BCUT2D eigenvalue weighted by Gasteiger charge is 1.97. The van der Waals surface area contributed by atoms with E-state index in [1.54, 1.807) is 0 Å². The van der Waals surface area contributed by atoms with Gasteiger partial charge in [-0.15, -0.1) is 0 Å². The van der Waals surface area contributed by atoms with Gasteiger partial charge in [0.15, 0.2) is 6.29 Å². The SMILES string of the molecule is C=CC(=O)OC(C)O.CO. The Kier molecular flexibility index (Phi) is 9.65. The summed E-state index contributed by atoms with van der Waals surface area (Å²) in [5, 5.41) is 15.4. The lowest BCUT2D eigenvalue weighted by Gasteiger charge is -2.01. The minimum atomic E-state index is -1.04. The molecule has 0 aromatic heterocycles. The maximum atomic E-state index is 10.1. The number of rotatable bonds is 2. The van der Waals surface area contributed by atoms with Crippen LogP contribution in [0.2, 0.25) is 0 Å². The highest BCUT2D eigenvalue weighted by atomic mass is 16.6. The lowest BCUT2D eigenvalue weighted by Crippen LogP contribution is -2.10. The molecule has 10 heavy (non-hydrogen) atoms. The molecule has 1 atom stereocenters. The quantitative estimate of drug-likeness (QED) is 0.319. The molecule has 0 bridgehead atoms. The standard InChI is InChI=1S/C5H8O3.CH4O/c1-3-5(7)8-4(2)6;1-2/h3-4,6H,1H2,2H3;2H,1H3. The van der Waals surface area contributed by atoms with Crippen LogP contribution in [0.25, 0.3) is 0 Å². The molecule has 0 aromatic carbocycles. The van der Waals surface area contributed by atoms with Crippen molar-refractivity contribution in [3.8, 4) is 0 Å². The van der Waals surface area contributed by atoms with E-state index in [0.717, 1.165) is 13.2 Å². The summed E-state index contributed by atoms with van der Waals surface area (Å²) < 4.78 is 4.20. The van der Waals surface area contributed by atoms with Gasteiger partial charge in [-0.3, -0.25) is 0 Å². The van der Waals surface area contributed by atoms with Gasteiger partial charge in [0, 0.05) is 13.2 Å². The predicted octanol–water partition coefficient (Wildman–Crippen LogP) is -0.338. The van der Waals surface area contributed by atoms with E-state index >= 15 is 0 Å². The summed E-state index contributed by atoms with van der Waals surface area (Å²) in [6.07, 6.45) is -0.0484. The summed E-state index contributed by atoms with van der Waals surface area (Å²) >= 11 is 0. The Labute approximate surface area is 59.7 Å². The van der Waals surface area contributed by atoms with Crippen LogP contribution in [-0.2, 0) is 9.53 Å². The van der Waals surface area contributed by atoms with Gasteiger partial charge in [-0.05, 0) is 6.92 Å². The second-order valence-corrected chi connectivity index (χ2v) is 1.24. The Morgan fingerprint density at radius 3 is 2.20 bits per heavy atom. The number of aliphatic hydroxyl groups is 2. The van der Waals surface area contributed by atoms with Crippen LogP contribution in [-0.4, -0.2) is 29.6 Å². The van der Waals surface area contributed by atoms with Gasteiger partial charge < -0.3 is 14.9 Å². The molecule has 0 fully saturated rings. The molecule has 0 spiro atoms. The smallest absolute Gasteiger partial charge is 0.332 e. The minimum absolute atomic E-state index is 0.611. The minimum Gasteiger partial charge on any atom is -0.433 e. The van der Waals surface area contributed by atoms with E-state index in [2.05, 4.69) is 11.3 Å². The van der Waals surface area contributed by atoms with Crippen molar-refractivity contribution in [2.45, 2.75) is 13.2 Å². The second kappa shape index (κ2) is 8.13. The maximum Gasteiger partial charge on any atom is 0.332 e. The molecule has 0 amide bonds. The van der Waals surface area contributed by atoms with Crippen molar-refractivity contribution in [3.05, 3.63) is 12.7 Å². The van der Waals surface area contributed by atoms with E-state index in [0.29, 0.717) is 0 Å². The van der Waals surface area contributed by atoms with E-state index in [9.17, 15) is 4.79 Å². The lowest BCUT2D eigenvalue weighted by atomic mass is 10.6. The van der Waals surface area contributed by atoms with Crippen LogP contribution >= 0.6 is 0 Å². The average Bonchev–Trinajstić information content (AvgIpc) is 1.91. The fraction of sp³-hybridized carbons (Fsp3) is 0.500. The van der Waals surface area contributed by atoms with Gasteiger partial charge in [-0.2, -0.15) is 0 Å². The van der Waals surface area contributed by atoms with Crippen LogP contribution in [0.15, 0.2) is 12.7 Å². The Balaban J connectivity index is 0. The number of carbonyl (C=O) groups is 1. The molecular weight excluding hydrogens is 136 g/mol. The number of hydrogen-bond acceptors (Lipinski definition) is 4. The first kappa shape index (κ1) is 11.9. The number of hydrogen-bond donors (Lipinski definition) is 2. The molecule has 0 aliphatic carbocycles. The van der Waals surface area contributed by atoms with Crippen LogP contribution in [0.1, 0.15) is 6.92 Å². The first-order chi connectivity index (χ1) is 4.66. The summed E-state index contributed by atoms with van der Waals surface area (Å²) in [6, 6.07) is 0. The predicted molar refractivity (Wildman–Crippen MR) is 36.1 cm³/mol. The normalized spacial score (nSPS) is 10.4. The molecule has 0 radical (unpaired) electrons. The van der Waals surface area contributed by atoms with Crippen LogP contribution in [0.5, 0.6) is 0 Å². The van der Waals surface area contributed by atoms with Crippen molar-refractivity contribution >= 4 is 5.97 Å². The summed E-state index contributed by atoms with van der Waals surface area (Å²) in [6.45, 7) is 4.48. The fourth-order valence-corrected chi connectivity index (χ4v) is 0.216. The van der Waals surface area contributed by atoms with Crippen LogP contribution in [0, 0.1) is 0 Å². The molecule has 4 heteroatoms. The zero-order chi connectivity index (χ0) is 8.57. The van der Waals surface area contributed by atoms with Crippen LogP contribution in [0.4, 0.5) is 0 Å². The first-order valence-electron chi connectivity index (χ1n) is 2.62. The lowest BCUT2D eigenvalue weighted by molar-refractivity contribution is -0.158. The highest BCUT2D eigenvalue weighted by Crippen LogP contribution is 1.84. The largest absolute Gasteiger partial charge is 0.433 e. The third kappa shape index (κ3) is 10.2. The van der Waals surface area contributed by atoms with Crippen molar-refractivity contribution in [1.29, 1.82) is 0 Å². The molecule has 0 heterocycles. The molecule has 0 aliphatic heterocycles. The van der Waals surface area contributed by atoms with Crippen LogP contribution < -0.4 is 0 Å². The van der Waals surface area contributed by atoms with Gasteiger partial charge in [-0.1, -0.05) is 6.58 Å². The zero-order valence-electron chi connectivity index (χ0n) is 6.07. The molecule has 0 saturated carbocycles. The third-order valence-electron chi connectivity index (χ3n) is 0.453. The molecular formula is C6H12O4. The van der Waals surface area contributed by atoms with Crippen LogP contribution in [0.3, 0.4) is 0 Å². The molecule has 4 nitrogen and oxygen atoms in total. The fourth-order valence-electron chi connectivity index (χ4n) is 0.216. The monoisotopic (exact) mass is 148 g/mol. The van der Waals surface area contributed by atoms with E-state index in [4.69, 9.17) is 10.2 Å². The average molecular weight is 148 g/mol. The zero-order valence-corrected chi connectivity index (χ0v) is 6.07. The van der Waals surface area contributed by atoms with Crippen molar-refractivity contribution in [2.24, 2.45) is 0 Å². The Morgan fingerprint density at radius 1 is 1.70 bits per heavy atom. The van der Waals surface area contributed by atoms with E-state index in [-0.39, 0.29) is 0 Å². The van der Waals surface area contributed by atoms with Gasteiger partial charge in [0.25, 0.3) is 0 Å². The molecule has 2 N–H and O–H groups in total. The Morgan fingerprint density at radius 2 is 2.10 bits per heavy atom. The summed E-state index contributed by atoms with van der Waals surface area (Å²) in [5.74, 6) is -0.611. The Bertz CT molecular complexity index is 97.9. The van der Waals surface area contributed by atoms with Crippen molar-refractivity contribution in [1.82, 2.24) is 0 Å². The van der Waals surface area contributed by atoms with Gasteiger partial charge in [-0.25, -0.2) is 4.79 Å². The molecule has 0 aliphatic rings. The van der Waals surface area contributed by atoms with Crippen molar-refractivity contribution in [2.75, 3.05) is 7.11 Å². The second-order valence-electron chi connectivity index (χ2n) is 1.24. The molecule has 0 saturated heterocycles. The number of esters is 1. The van der Waals surface area contributed by atoms with Gasteiger partial charge in [0.05, 0.1) is 0 Å². The first-order valence-corrected chi connectivity index (χ1v) is 2.62. The number of aliphatic hydroxyl groups excluding tert-OH is 2. The van der Waals surface area contributed by atoms with E-state index in [1.807, 2.05) is 0 Å². The number of ether oxygens (including phenoxy) is 1. The third-order valence-corrected chi connectivity index (χ3v) is 0.453. The van der Waals surface area contributed by atoms with Gasteiger partial charge in [0.1, 0.15) is 0 Å². The molecule has 0 aromatic rings. The summed E-state index contributed by atoms with van der Waals surface area (Å²) in [7, 11) is 1.00. The number of carbonyl (C=O) groups excluding carboxylic acids is 1. The topological polar surface area (TPSA) is 66.8 Å². The molecule has 1 unspecified atom stereocenters. The van der Waals surface area contributed by atoms with Crippen molar-refractivity contribution in [3.63, 3.8) is 0 Å². The molecule has 0 rings (SSSR count). The van der Waals surface area contributed by atoms with E-state index < -0.39 is 12.3 Å². The summed E-state index contributed by atoms with van der Waals surface area (Å²) in [5.41, 5.74) is 0. The van der Waals surface area contributed by atoms with Crippen molar-refractivity contribution < 1.29 is 19.7 Å². The highest BCUT2D eigenvalue weighted by molar-refractivity contribution is 5.81.